The lowest BCUT2D eigenvalue weighted by Crippen LogP contribution is -2.37. The van der Waals surface area contributed by atoms with Crippen LogP contribution in [0.15, 0.2) is 22.7 Å². The molecule has 19 heavy (non-hydrogen) atoms. The Hall–Kier alpha value is -0.410. The molecule has 0 bridgehead atoms. The van der Waals surface area contributed by atoms with Crippen LogP contribution in [0, 0.1) is 23.6 Å². The van der Waals surface area contributed by atoms with Gasteiger partial charge in [0.25, 0.3) is 0 Å². The number of benzene rings is 1. The zero-order valence-electron chi connectivity index (χ0n) is 11.8. The minimum atomic E-state index is -0.167. The second-order valence-electron chi connectivity index (χ2n) is 6.09. The summed E-state index contributed by atoms with van der Waals surface area (Å²) >= 11 is 3.46. The summed E-state index contributed by atoms with van der Waals surface area (Å²) in [6.45, 7) is 6.70. The van der Waals surface area contributed by atoms with E-state index in [2.05, 4.69) is 35.1 Å². The highest BCUT2D eigenvalue weighted by Gasteiger charge is 2.30. The van der Waals surface area contributed by atoms with Crippen molar-refractivity contribution < 1.29 is 4.39 Å². The van der Waals surface area contributed by atoms with Crippen molar-refractivity contribution in [1.82, 2.24) is 5.32 Å². The lowest BCUT2D eigenvalue weighted by Gasteiger charge is -2.37. The second-order valence-corrected chi connectivity index (χ2v) is 6.94. The smallest absolute Gasteiger partial charge is 0.124 e. The molecule has 0 heterocycles. The van der Waals surface area contributed by atoms with Gasteiger partial charge in [0.2, 0.25) is 0 Å². The van der Waals surface area contributed by atoms with Crippen molar-refractivity contribution in [2.45, 2.75) is 33.1 Å². The van der Waals surface area contributed by atoms with Crippen LogP contribution in [-0.4, -0.2) is 13.1 Å². The van der Waals surface area contributed by atoms with Crippen LogP contribution >= 0.6 is 15.9 Å². The zero-order valence-corrected chi connectivity index (χ0v) is 13.3. The third kappa shape index (κ3) is 4.28. The van der Waals surface area contributed by atoms with E-state index in [0.29, 0.717) is 5.92 Å². The second kappa shape index (κ2) is 6.85. The van der Waals surface area contributed by atoms with Gasteiger partial charge in [0.15, 0.2) is 0 Å². The Morgan fingerprint density at radius 2 is 2.05 bits per heavy atom. The van der Waals surface area contributed by atoms with Gasteiger partial charge in [-0.05, 0) is 67.8 Å². The minimum Gasteiger partial charge on any atom is -0.316 e. The summed E-state index contributed by atoms with van der Waals surface area (Å²) < 4.78 is 14.0. The van der Waals surface area contributed by atoms with Crippen LogP contribution in [0.5, 0.6) is 0 Å². The van der Waals surface area contributed by atoms with Gasteiger partial charge in [-0.15, -0.1) is 0 Å². The number of halogens is 2. The van der Waals surface area contributed by atoms with Gasteiger partial charge in [0.05, 0.1) is 0 Å². The molecule has 0 radical (unpaired) electrons. The summed E-state index contributed by atoms with van der Waals surface area (Å²) in [7, 11) is 0. The fourth-order valence-corrected chi connectivity index (χ4v) is 3.22. The highest BCUT2D eigenvalue weighted by molar-refractivity contribution is 9.10. The van der Waals surface area contributed by atoms with Crippen LogP contribution in [-0.2, 0) is 6.42 Å². The maximum absolute atomic E-state index is 13.1. The van der Waals surface area contributed by atoms with E-state index >= 15 is 0 Å². The summed E-state index contributed by atoms with van der Waals surface area (Å²) in [5.74, 6) is 2.08. The molecule has 1 nitrogen and oxygen atoms in total. The van der Waals surface area contributed by atoms with Crippen LogP contribution in [0.2, 0.25) is 0 Å². The Kier molecular flexibility index (Phi) is 5.40. The molecule has 0 aliphatic heterocycles. The molecule has 1 N–H and O–H groups in total. The first-order valence-corrected chi connectivity index (χ1v) is 8.00. The van der Waals surface area contributed by atoms with E-state index in [0.717, 1.165) is 35.8 Å². The largest absolute Gasteiger partial charge is 0.316 e. The fraction of sp³-hybridized carbons (Fsp3) is 0.625. The molecule has 1 aromatic carbocycles. The zero-order chi connectivity index (χ0) is 13.8. The standard InChI is InChI=1S/C16H23BrFN/c1-11(2)9-19-10-14-4-3-12(14)7-13-5-6-15(18)8-16(13)17/h5-6,8,11-12,14,19H,3-4,7,9-10H2,1-2H3. The first kappa shape index (κ1) is 15.0. The Morgan fingerprint density at radius 1 is 1.32 bits per heavy atom. The van der Waals surface area contributed by atoms with Crippen LogP contribution in [0.25, 0.3) is 0 Å². The summed E-state index contributed by atoms with van der Waals surface area (Å²) in [5.41, 5.74) is 1.24. The highest BCUT2D eigenvalue weighted by atomic mass is 79.9. The summed E-state index contributed by atoms with van der Waals surface area (Å²) in [6, 6.07) is 5.04. The minimum absolute atomic E-state index is 0.167. The highest BCUT2D eigenvalue weighted by Crippen LogP contribution is 2.37. The lowest BCUT2D eigenvalue weighted by atomic mass is 9.70. The van der Waals surface area contributed by atoms with Crippen molar-refractivity contribution in [3.63, 3.8) is 0 Å². The van der Waals surface area contributed by atoms with Gasteiger partial charge in [0, 0.05) is 4.47 Å². The van der Waals surface area contributed by atoms with Crippen LogP contribution < -0.4 is 5.32 Å². The Morgan fingerprint density at radius 3 is 2.63 bits per heavy atom. The van der Waals surface area contributed by atoms with Gasteiger partial charge in [-0.1, -0.05) is 35.8 Å². The van der Waals surface area contributed by atoms with Crippen LogP contribution in [0.4, 0.5) is 4.39 Å². The molecule has 2 rings (SSSR count). The van der Waals surface area contributed by atoms with Gasteiger partial charge >= 0.3 is 0 Å². The molecule has 3 heteroatoms. The molecular weight excluding hydrogens is 305 g/mol. The molecule has 1 fully saturated rings. The summed E-state index contributed by atoms with van der Waals surface area (Å²) in [5, 5.41) is 3.55. The third-order valence-electron chi connectivity index (χ3n) is 4.03. The van der Waals surface area contributed by atoms with Crippen molar-refractivity contribution in [3.8, 4) is 0 Å². The van der Waals surface area contributed by atoms with Gasteiger partial charge in [-0.25, -0.2) is 4.39 Å². The van der Waals surface area contributed by atoms with E-state index in [1.807, 2.05) is 6.07 Å². The van der Waals surface area contributed by atoms with E-state index in [4.69, 9.17) is 0 Å². The van der Waals surface area contributed by atoms with Crippen LogP contribution in [0.3, 0.4) is 0 Å². The predicted octanol–water partition coefficient (Wildman–Crippen LogP) is 4.40. The third-order valence-corrected chi connectivity index (χ3v) is 4.77. The van der Waals surface area contributed by atoms with Gasteiger partial charge < -0.3 is 5.32 Å². The topological polar surface area (TPSA) is 12.0 Å². The maximum atomic E-state index is 13.1. The van der Waals surface area contributed by atoms with Crippen molar-refractivity contribution in [1.29, 1.82) is 0 Å². The van der Waals surface area contributed by atoms with Crippen molar-refractivity contribution in [2.24, 2.45) is 17.8 Å². The van der Waals surface area contributed by atoms with E-state index in [1.165, 1.54) is 18.4 Å². The summed E-state index contributed by atoms with van der Waals surface area (Å²) in [6.07, 6.45) is 3.70. The van der Waals surface area contributed by atoms with Crippen molar-refractivity contribution >= 4 is 15.9 Å². The first-order valence-electron chi connectivity index (χ1n) is 7.21. The average molecular weight is 328 g/mol. The average Bonchev–Trinajstić information content (AvgIpc) is 2.32. The predicted molar refractivity (Wildman–Crippen MR) is 81.7 cm³/mol. The molecule has 1 aliphatic carbocycles. The number of nitrogens with one attached hydrogen (secondary N) is 1. The van der Waals surface area contributed by atoms with Gasteiger partial charge in [-0.2, -0.15) is 0 Å². The number of hydrogen-bond acceptors (Lipinski definition) is 1. The molecule has 0 saturated heterocycles. The van der Waals surface area contributed by atoms with E-state index in [9.17, 15) is 4.39 Å². The monoisotopic (exact) mass is 327 g/mol. The lowest BCUT2D eigenvalue weighted by molar-refractivity contribution is 0.169. The quantitative estimate of drug-likeness (QED) is 0.816. The maximum Gasteiger partial charge on any atom is 0.124 e. The normalized spacial score (nSPS) is 22.6. The number of hydrogen-bond donors (Lipinski definition) is 1. The Balaban J connectivity index is 1.82. The van der Waals surface area contributed by atoms with E-state index in [-0.39, 0.29) is 5.82 Å². The molecule has 1 aliphatic rings. The molecule has 2 unspecified atom stereocenters. The molecule has 106 valence electrons. The molecule has 0 aromatic heterocycles. The van der Waals surface area contributed by atoms with Gasteiger partial charge in [0.1, 0.15) is 5.82 Å². The fourth-order valence-electron chi connectivity index (χ4n) is 2.70. The first-order chi connectivity index (χ1) is 9.06. The summed E-state index contributed by atoms with van der Waals surface area (Å²) in [4.78, 5) is 0. The number of rotatable bonds is 6. The molecule has 0 spiro atoms. The molecule has 1 aromatic rings. The van der Waals surface area contributed by atoms with Crippen molar-refractivity contribution in [2.75, 3.05) is 13.1 Å². The Labute approximate surface area is 124 Å². The molecule has 1 saturated carbocycles. The van der Waals surface area contributed by atoms with E-state index < -0.39 is 0 Å². The molecule has 0 amide bonds. The van der Waals surface area contributed by atoms with E-state index in [1.54, 1.807) is 12.1 Å². The van der Waals surface area contributed by atoms with Crippen LogP contribution in [0.1, 0.15) is 32.3 Å². The molecule has 2 atom stereocenters. The van der Waals surface area contributed by atoms with Crippen molar-refractivity contribution in [3.05, 3.63) is 34.1 Å². The van der Waals surface area contributed by atoms with Gasteiger partial charge in [-0.3, -0.25) is 0 Å². The Bertz CT molecular complexity index is 419. The molecular formula is C16H23BrFN. The SMILES string of the molecule is CC(C)CNCC1CCC1Cc1ccc(F)cc1Br.